The molecule has 1 amide bonds. The summed E-state index contributed by atoms with van der Waals surface area (Å²) in [4.78, 5) is 24.4. The summed E-state index contributed by atoms with van der Waals surface area (Å²) in [6.07, 6.45) is -1.88. The Labute approximate surface area is 156 Å². The first kappa shape index (κ1) is 18.1. The predicted octanol–water partition coefficient (Wildman–Crippen LogP) is 2.73. The van der Waals surface area contributed by atoms with Crippen LogP contribution in [-0.4, -0.2) is 30.7 Å². The molecule has 3 rings (SSSR count). The molecule has 0 saturated carbocycles. The second kappa shape index (κ2) is 8.10. The highest BCUT2D eigenvalue weighted by molar-refractivity contribution is 6.31. The number of hydrogen-bond donors (Lipinski definition) is 1. The minimum Gasteiger partial charge on any atom is -0.485 e. The average molecular weight is 376 g/mol. The van der Waals surface area contributed by atoms with Crippen molar-refractivity contribution in [3.63, 3.8) is 0 Å². The third kappa shape index (κ3) is 4.26. The molecule has 1 aliphatic heterocycles. The second-order valence-corrected chi connectivity index (χ2v) is 6.16. The van der Waals surface area contributed by atoms with Gasteiger partial charge in [-0.05, 0) is 30.7 Å². The van der Waals surface area contributed by atoms with Crippen molar-refractivity contribution in [2.75, 3.05) is 6.61 Å². The number of esters is 1. The predicted molar refractivity (Wildman–Crippen MR) is 95.2 cm³/mol. The van der Waals surface area contributed by atoms with Crippen LogP contribution in [0.25, 0.3) is 0 Å². The van der Waals surface area contributed by atoms with Crippen LogP contribution in [0.15, 0.2) is 48.5 Å². The van der Waals surface area contributed by atoms with Crippen LogP contribution in [0, 0.1) is 0 Å². The number of nitrogens with one attached hydrogen (secondary N) is 1. The number of ether oxygens (including phenoxy) is 3. The highest BCUT2D eigenvalue weighted by Gasteiger charge is 2.31. The largest absolute Gasteiger partial charge is 0.485 e. The van der Waals surface area contributed by atoms with E-state index >= 15 is 0 Å². The number of benzene rings is 2. The van der Waals surface area contributed by atoms with Gasteiger partial charge in [0.2, 0.25) is 6.10 Å². The van der Waals surface area contributed by atoms with Crippen LogP contribution in [0.4, 0.5) is 0 Å². The van der Waals surface area contributed by atoms with Gasteiger partial charge in [0.15, 0.2) is 17.6 Å². The first-order valence-corrected chi connectivity index (χ1v) is 8.52. The Kier molecular flexibility index (Phi) is 5.63. The van der Waals surface area contributed by atoms with Crippen molar-refractivity contribution < 1.29 is 23.8 Å². The van der Waals surface area contributed by atoms with E-state index in [0.29, 0.717) is 16.5 Å². The maximum atomic E-state index is 12.2. The van der Waals surface area contributed by atoms with Gasteiger partial charge in [0, 0.05) is 11.6 Å². The minimum absolute atomic E-state index is 0.0316. The summed E-state index contributed by atoms with van der Waals surface area (Å²) >= 11 is 6.05. The third-order valence-corrected chi connectivity index (χ3v) is 4.21. The summed E-state index contributed by atoms with van der Waals surface area (Å²) < 4.78 is 16.2. The minimum atomic E-state index is -0.967. The van der Waals surface area contributed by atoms with Gasteiger partial charge in [0.25, 0.3) is 5.91 Å². The fourth-order valence-electron chi connectivity index (χ4n) is 2.41. The van der Waals surface area contributed by atoms with Crippen LogP contribution in [0.1, 0.15) is 12.5 Å². The van der Waals surface area contributed by atoms with Gasteiger partial charge in [-0.15, -0.1) is 0 Å². The van der Waals surface area contributed by atoms with Crippen LogP contribution < -0.4 is 14.8 Å². The van der Waals surface area contributed by atoms with Gasteiger partial charge in [-0.3, -0.25) is 4.79 Å². The Hall–Kier alpha value is -2.73. The first-order chi connectivity index (χ1) is 12.5. The summed E-state index contributed by atoms with van der Waals surface area (Å²) in [5.41, 5.74) is 0.779. The number of rotatable bonds is 5. The molecule has 0 spiro atoms. The SMILES string of the molecule is C[C@H](OC(=O)[C@@H]1COc2ccccc2O1)C(=O)NCc1ccccc1Cl. The van der Waals surface area contributed by atoms with Crippen molar-refractivity contribution in [1.29, 1.82) is 0 Å². The van der Waals surface area contributed by atoms with E-state index in [1.807, 2.05) is 24.3 Å². The quantitative estimate of drug-likeness (QED) is 0.813. The molecular weight excluding hydrogens is 358 g/mol. The van der Waals surface area contributed by atoms with Gasteiger partial charge in [0.1, 0.15) is 6.61 Å². The van der Waals surface area contributed by atoms with Gasteiger partial charge in [-0.25, -0.2) is 4.79 Å². The van der Waals surface area contributed by atoms with E-state index in [-0.39, 0.29) is 13.2 Å². The zero-order valence-electron chi connectivity index (χ0n) is 14.1. The van der Waals surface area contributed by atoms with Gasteiger partial charge < -0.3 is 19.5 Å². The van der Waals surface area contributed by atoms with Crippen LogP contribution in [0.5, 0.6) is 11.5 Å². The second-order valence-electron chi connectivity index (χ2n) is 5.75. The van der Waals surface area contributed by atoms with Gasteiger partial charge >= 0.3 is 5.97 Å². The Morgan fingerprint density at radius 3 is 2.65 bits per heavy atom. The van der Waals surface area contributed by atoms with Crippen LogP contribution in [0.2, 0.25) is 5.02 Å². The molecule has 6 nitrogen and oxygen atoms in total. The maximum absolute atomic E-state index is 12.2. The average Bonchev–Trinajstić information content (AvgIpc) is 2.66. The van der Waals surface area contributed by atoms with Crippen LogP contribution >= 0.6 is 11.6 Å². The fourth-order valence-corrected chi connectivity index (χ4v) is 2.61. The molecule has 0 fully saturated rings. The maximum Gasteiger partial charge on any atom is 0.351 e. The van der Waals surface area contributed by atoms with Gasteiger partial charge in [0.05, 0.1) is 0 Å². The molecule has 1 heterocycles. The Morgan fingerprint density at radius 2 is 1.88 bits per heavy atom. The van der Waals surface area contributed by atoms with E-state index in [9.17, 15) is 9.59 Å². The zero-order chi connectivity index (χ0) is 18.5. The molecule has 1 aliphatic rings. The van der Waals surface area contributed by atoms with Crippen LogP contribution in [-0.2, 0) is 20.9 Å². The topological polar surface area (TPSA) is 73.9 Å². The normalized spacial score (nSPS) is 16.5. The van der Waals surface area contributed by atoms with E-state index in [0.717, 1.165) is 5.56 Å². The van der Waals surface area contributed by atoms with E-state index in [1.54, 1.807) is 24.3 Å². The summed E-state index contributed by atoms with van der Waals surface area (Å²) in [7, 11) is 0. The van der Waals surface area contributed by atoms with Crippen molar-refractivity contribution in [1.82, 2.24) is 5.32 Å². The number of carbonyl (C=O) groups is 2. The Morgan fingerprint density at radius 1 is 1.19 bits per heavy atom. The standard InChI is InChI=1S/C19H18ClNO5/c1-12(18(22)21-10-13-6-2-3-7-14(13)20)25-19(23)17-11-24-15-8-4-5-9-16(15)26-17/h2-9,12,17H,10-11H2,1H3,(H,21,22)/t12-,17-/m0/s1. The van der Waals surface area contributed by atoms with E-state index in [1.165, 1.54) is 6.92 Å². The lowest BCUT2D eigenvalue weighted by molar-refractivity contribution is -0.163. The summed E-state index contributed by atoms with van der Waals surface area (Å²) in [5, 5.41) is 3.25. The number of hydrogen-bond acceptors (Lipinski definition) is 5. The summed E-state index contributed by atoms with van der Waals surface area (Å²) in [6, 6.07) is 14.2. The van der Waals surface area contributed by atoms with Crippen molar-refractivity contribution >= 4 is 23.5 Å². The van der Waals surface area contributed by atoms with Crippen molar-refractivity contribution in [3.8, 4) is 11.5 Å². The highest BCUT2D eigenvalue weighted by atomic mass is 35.5. The molecule has 7 heteroatoms. The molecule has 1 N–H and O–H groups in total. The number of amides is 1. The number of carbonyl (C=O) groups excluding carboxylic acids is 2. The molecule has 0 saturated heterocycles. The molecule has 136 valence electrons. The highest BCUT2D eigenvalue weighted by Crippen LogP contribution is 2.31. The van der Waals surface area contributed by atoms with Crippen molar-refractivity contribution in [2.45, 2.75) is 25.7 Å². The van der Waals surface area contributed by atoms with Crippen molar-refractivity contribution in [2.24, 2.45) is 0 Å². The van der Waals surface area contributed by atoms with Gasteiger partial charge in [-0.2, -0.15) is 0 Å². The molecule has 0 bridgehead atoms. The summed E-state index contributed by atoms with van der Waals surface area (Å²) in [5.74, 6) is -0.0334. The number of fused-ring (bicyclic) bond motifs is 1. The molecule has 0 unspecified atom stereocenters. The lowest BCUT2D eigenvalue weighted by atomic mass is 10.2. The molecule has 0 aliphatic carbocycles. The molecule has 0 aromatic heterocycles. The number of halogens is 1. The molecule has 2 aromatic rings. The van der Waals surface area contributed by atoms with Crippen molar-refractivity contribution in [3.05, 3.63) is 59.1 Å². The molecule has 26 heavy (non-hydrogen) atoms. The van der Waals surface area contributed by atoms with E-state index in [2.05, 4.69) is 5.32 Å². The zero-order valence-corrected chi connectivity index (χ0v) is 14.9. The molecular formula is C19H18ClNO5. The Bertz CT molecular complexity index is 810. The molecule has 2 atom stereocenters. The van der Waals surface area contributed by atoms with E-state index in [4.69, 9.17) is 25.8 Å². The lowest BCUT2D eigenvalue weighted by Gasteiger charge is -2.25. The Balaban J connectivity index is 1.51. The monoisotopic (exact) mass is 375 g/mol. The molecule has 2 aromatic carbocycles. The first-order valence-electron chi connectivity index (χ1n) is 8.14. The smallest absolute Gasteiger partial charge is 0.351 e. The van der Waals surface area contributed by atoms with Crippen LogP contribution in [0.3, 0.4) is 0 Å². The lowest BCUT2D eigenvalue weighted by Crippen LogP contribution is -2.42. The van der Waals surface area contributed by atoms with E-state index < -0.39 is 24.1 Å². The third-order valence-electron chi connectivity index (χ3n) is 3.84. The fraction of sp³-hybridized carbons (Fsp3) is 0.263. The summed E-state index contributed by atoms with van der Waals surface area (Å²) in [6.45, 7) is 1.78. The number of para-hydroxylation sites is 2. The van der Waals surface area contributed by atoms with Gasteiger partial charge in [-0.1, -0.05) is 41.9 Å². The molecule has 0 radical (unpaired) electrons.